The van der Waals surface area contributed by atoms with Gasteiger partial charge in [-0.15, -0.1) is 23.1 Å². The van der Waals surface area contributed by atoms with Crippen LogP contribution in [0.4, 0.5) is 0 Å². The summed E-state index contributed by atoms with van der Waals surface area (Å²) >= 11 is 5.23. The number of halogens is 1. The fraction of sp³-hybridized carbons (Fsp3) is 0.280. The largest absolute Gasteiger partial charge is 1.00 e. The lowest BCUT2D eigenvalue weighted by Crippen LogP contribution is -3.00. The summed E-state index contributed by atoms with van der Waals surface area (Å²) < 4.78 is 7.20. The number of hydrogen-bond donors (Lipinski definition) is 0. The van der Waals surface area contributed by atoms with E-state index in [1.807, 2.05) is 29.3 Å². The third kappa shape index (κ3) is 4.54. The normalized spacial score (nSPS) is 16.5. The molecule has 0 bridgehead atoms. The number of thiazole rings is 2. The van der Waals surface area contributed by atoms with E-state index in [2.05, 4.69) is 72.0 Å². The number of hydrogen-bond acceptors (Lipinski definition) is 5. The monoisotopic (exact) mass is 607 g/mol. The molecule has 4 aromatic rings. The van der Waals surface area contributed by atoms with E-state index < -0.39 is 0 Å². The highest BCUT2D eigenvalue weighted by molar-refractivity contribution is 8.03. The van der Waals surface area contributed by atoms with Crippen molar-refractivity contribution < 1.29 is 28.5 Å². The van der Waals surface area contributed by atoms with E-state index in [0.717, 1.165) is 33.0 Å². The SMILES string of the molecule is CCN1CCS/C1=C\C=c1/s/c(=C\c2sc3c4ccccc4ccc3[n+]2C)n(CC)c1=O.[I-]. The molecule has 5 rings (SSSR count). The van der Waals surface area contributed by atoms with E-state index in [-0.39, 0.29) is 29.5 Å². The van der Waals surface area contributed by atoms with Crippen molar-refractivity contribution in [1.29, 1.82) is 0 Å². The molecule has 3 heterocycles. The van der Waals surface area contributed by atoms with Gasteiger partial charge in [0.2, 0.25) is 5.52 Å². The zero-order valence-corrected chi connectivity index (χ0v) is 23.5. The highest BCUT2D eigenvalue weighted by Crippen LogP contribution is 2.29. The average Bonchev–Trinajstić information content (AvgIpc) is 3.48. The molecule has 1 aliphatic rings. The first-order valence-corrected chi connectivity index (χ1v) is 13.5. The second-order valence-corrected chi connectivity index (χ2v) is 10.9. The van der Waals surface area contributed by atoms with Crippen LogP contribution in [-0.4, -0.2) is 28.3 Å². The Morgan fingerprint density at radius 3 is 2.67 bits per heavy atom. The van der Waals surface area contributed by atoms with Gasteiger partial charge in [0.25, 0.3) is 10.6 Å². The summed E-state index contributed by atoms with van der Waals surface area (Å²) in [7, 11) is 2.11. The predicted molar refractivity (Wildman–Crippen MR) is 140 cm³/mol. The molecule has 0 aliphatic carbocycles. The van der Waals surface area contributed by atoms with Crippen LogP contribution in [0.25, 0.3) is 33.1 Å². The summed E-state index contributed by atoms with van der Waals surface area (Å²) in [6.07, 6.45) is 6.29. The van der Waals surface area contributed by atoms with Crippen molar-refractivity contribution in [2.75, 3.05) is 18.8 Å². The quantitative estimate of drug-likeness (QED) is 0.252. The molecule has 0 spiro atoms. The van der Waals surface area contributed by atoms with Crippen molar-refractivity contribution in [2.45, 2.75) is 20.4 Å². The molecular formula is C25H26IN3OS3. The van der Waals surface area contributed by atoms with Crippen LogP contribution < -0.4 is 43.3 Å². The average molecular weight is 608 g/mol. The summed E-state index contributed by atoms with van der Waals surface area (Å²) in [5, 5.41) is 4.94. The van der Waals surface area contributed by atoms with Crippen molar-refractivity contribution >= 4 is 67.6 Å². The molecule has 4 nitrogen and oxygen atoms in total. The van der Waals surface area contributed by atoms with Gasteiger partial charge in [0, 0.05) is 36.8 Å². The smallest absolute Gasteiger partial charge is 0.269 e. The minimum absolute atomic E-state index is 0. The fourth-order valence-corrected chi connectivity index (χ4v) is 7.59. The number of thioether (sulfide) groups is 1. The molecule has 0 atom stereocenters. The van der Waals surface area contributed by atoms with E-state index in [1.54, 1.807) is 22.7 Å². The van der Waals surface area contributed by atoms with E-state index in [4.69, 9.17) is 0 Å². The second kappa shape index (κ2) is 10.3. The van der Waals surface area contributed by atoms with Crippen LogP contribution >= 0.6 is 34.4 Å². The number of fused-ring (bicyclic) bond motifs is 3. The highest BCUT2D eigenvalue weighted by atomic mass is 127. The van der Waals surface area contributed by atoms with Crippen LogP contribution in [0.5, 0.6) is 0 Å². The highest BCUT2D eigenvalue weighted by Gasteiger charge is 2.18. The van der Waals surface area contributed by atoms with Gasteiger partial charge >= 0.3 is 0 Å². The predicted octanol–water partition coefficient (Wildman–Crippen LogP) is 0.646. The lowest BCUT2D eigenvalue weighted by molar-refractivity contribution is -0.642. The van der Waals surface area contributed by atoms with E-state index in [0.29, 0.717) is 6.54 Å². The summed E-state index contributed by atoms with van der Waals surface area (Å²) in [6, 6.07) is 12.9. The van der Waals surface area contributed by atoms with Gasteiger partial charge in [-0.1, -0.05) is 35.6 Å². The van der Waals surface area contributed by atoms with Crippen molar-refractivity contribution in [3.05, 3.63) is 72.1 Å². The standard InChI is InChI=1S/C25H26N3OS3.HI/c1-4-27-14-15-30-21(27)13-12-20-25(29)28(5-2)23(31-20)16-22-26(3)19-11-10-17-8-6-7-9-18(17)24(19)32-22;/h6-13,16H,4-5,14-15H2,1-3H3;1H/q+1;/p-1/b20-12-,21-13-;. The van der Waals surface area contributed by atoms with Gasteiger partial charge in [-0.05, 0) is 37.5 Å². The van der Waals surface area contributed by atoms with Crippen LogP contribution in [0.3, 0.4) is 0 Å². The van der Waals surface area contributed by atoms with Gasteiger partial charge in [0.15, 0.2) is 0 Å². The lowest BCUT2D eigenvalue weighted by atomic mass is 10.1. The molecule has 172 valence electrons. The number of aryl methyl sites for hydroxylation is 1. The molecule has 2 aromatic carbocycles. The molecule has 1 fully saturated rings. The van der Waals surface area contributed by atoms with Gasteiger partial charge in [-0.3, -0.25) is 9.36 Å². The first-order chi connectivity index (χ1) is 15.6. The summed E-state index contributed by atoms with van der Waals surface area (Å²) in [4.78, 5) is 15.4. The molecule has 0 saturated carbocycles. The Balaban J connectivity index is 0.00000259. The molecule has 0 amide bonds. The maximum atomic E-state index is 13.1. The van der Waals surface area contributed by atoms with Gasteiger partial charge in [-0.2, -0.15) is 4.57 Å². The number of rotatable bonds is 4. The number of allylic oxidation sites excluding steroid dienone is 1. The van der Waals surface area contributed by atoms with Gasteiger partial charge < -0.3 is 28.9 Å². The maximum absolute atomic E-state index is 13.1. The molecule has 0 unspecified atom stereocenters. The van der Waals surface area contributed by atoms with Crippen molar-refractivity contribution in [3.8, 4) is 0 Å². The summed E-state index contributed by atoms with van der Waals surface area (Å²) in [5.41, 5.74) is 1.32. The molecular weight excluding hydrogens is 581 g/mol. The van der Waals surface area contributed by atoms with E-state index in [9.17, 15) is 4.79 Å². The Morgan fingerprint density at radius 1 is 1.06 bits per heavy atom. The van der Waals surface area contributed by atoms with Crippen molar-refractivity contribution in [3.63, 3.8) is 0 Å². The van der Waals surface area contributed by atoms with Crippen LogP contribution in [0.1, 0.15) is 18.9 Å². The Kier molecular flexibility index (Phi) is 7.67. The van der Waals surface area contributed by atoms with Crippen molar-refractivity contribution in [2.24, 2.45) is 7.05 Å². The Labute approximate surface area is 222 Å². The zero-order valence-electron chi connectivity index (χ0n) is 18.9. The molecule has 1 saturated heterocycles. The fourth-order valence-electron chi connectivity index (χ4n) is 4.16. The maximum Gasteiger partial charge on any atom is 0.269 e. The Bertz CT molecular complexity index is 1530. The van der Waals surface area contributed by atoms with E-state index in [1.165, 1.54) is 26.0 Å². The zero-order chi connectivity index (χ0) is 22.2. The molecule has 33 heavy (non-hydrogen) atoms. The third-order valence-electron chi connectivity index (χ3n) is 5.94. The molecule has 0 radical (unpaired) electrons. The topological polar surface area (TPSA) is 29.1 Å². The van der Waals surface area contributed by atoms with Crippen LogP contribution in [0.15, 0.2) is 52.3 Å². The van der Waals surface area contributed by atoms with Crippen LogP contribution in [-0.2, 0) is 13.6 Å². The first-order valence-electron chi connectivity index (χ1n) is 10.9. The summed E-state index contributed by atoms with van der Waals surface area (Å²) in [6.45, 7) is 6.97. The minimum Gasteiger partial charge on any atom is -1.00 e. The lowest BCUT2D eigenvalue weighted by Gasteiger charge is -2.14. The number of benzene rings is 2. The Morgan fingerprint density at radius 2 is 1.88 bits per heavy atom. The number of aromatic nitrogens is 2. The first kappa shape index (κ1) is 24.5. The number of nitrogens with zero attached hydrogens (tertiary/aromatic N) is 3. The second-order valence-electron chi connectivity index (χ2n) is 7.73. The van der Waals surface area contributed by atoms with Gasteiger partial charge in [-0.25, -0.2) is 0 Å². The molecule has 8 heteroatoms. The van der Waals surface area contributed by atoms with Gasteiger partial charge in [0.05, 0.1) is 15.6 Å². The molecule has 1 aliphatic heterocycles. The van der Waals surface area contributed by atoms with Crippen LogP contribution in [0, 0.1) is 0 Å². The van der Waals surface area contributed by atoms with Gasteiger partial charge in [0.1, 0.15) is 16.4 Å². The van der Waals surface area contributed by atoms with E-state index >= 15 is 0 Å². The summed E-state index contributed by atoms with van der Waals surface area (Å²) in [5.74, 6) is 1.12. The third-order valence-corrected chi connectivity index (χ3v) is 9.33. The van der Waals surface area contributed by atoms with Crippen molar-refractivity contribution in [1.82, 2.24) is 9.47 Å². The molecule has 2 aromatic heterocycles. The van der Waals surface area contributed by atoms with Crippen LogP contribution in [0.2, 0.25) is 0 Å². The minimum atomic E-state index is 0. The Hall–Kier alpha value is -1.62. The molecule has 0 N–H and O–H groups in total.